The van der Waals surface area contributed by atoms with Gasteiger partial charge in [-0.3, -0.25) is 9.59 Å². The molecule has 1 aromatic heterocycles. The van der Waals surface area contributed by atoms with E-state index in [4.69, 9.17) is 0 Å². The highest BCUT2D eigenvalue weighted by Gasteiger charge is 2.23. The van der Waals surface area contributed by atoms with Crippen LogP contribution in [-0.4, -0.2) is 71.4 Å². The van der Waals surface area contributed by atoms with E-state index in [1.165, 1.54) is 19.2 Å². The minimum Gasteiger partial charge on any atom is -0.357 e. The molecular formula is C14H19N5O2. The molecule has 3 rings (SSSR count). The zero-order chi connectivity index (χ0) is 14.7. The van der Waals surface area contributed by atoms with Crippen molar-refractivity contribution in [3.8, 4) is 0 Å². The summed E-state index contributed by atoms with van der Waals surface area (Å²) in [7, 11) is 0. The molecule has 0 saturated carbocycles. The fourth-order valence-corrected chi connectivity index (χ4v) is 2.78. The molecule has 2 aliphatic heterocycles. The number of hydrogen-bond acceptors (Lipinski definition) is 5. The van der Waals surface area contributed by atoms with Crippen molar-refractivity contribution in [1.29, 1.82) is 0 Å². The highest BCUT2D eigenvalue weighted by molar-refractivity contribution is 5.93. The van der Waals surface area contributed by atoms with Crippen LogP contribution >= 0.6 is 0 Å². The summed E-state index contributed by atoms with van der Waals surface area (Å²) in [4.78, 5) is 37.2. The summed E-state index contributed by atoms with van der Waals surface area (Å²) >= 11 is 0. The minimum absolute atomic E-state index is 0.0802. The van der Waals surface area contributed by atoms with Gasteiger partial charge in [0, 0.05) is 45.3 Å². The summed E-state index contributed by atoms with van der Waals surface area (Å²) in [5.41, 5.74) is 0.437. The number of carbonyl (C=O) groups is 2. The predicted octanol–water partition coefficient (Wildman–Crippen LogP) is -0.00900. The summed E-state index contributed by atoms with van der Waals surface area (Å²) in [6.45, 7) is 4.26. The molecule has 2 saturated heterocycles. The molecule has 112 valence electrons. The van der Waals surface area contributed by atoms with Gasteiger partial charge in [-0.2, -0.15) is 0 Å². The summed E-state index contributed by atoms with van der Waals surface area (Å²) in [5.74, 6) is 0.751. The third-order valence-corrected chi connectivity index (χ3v) is 4.05. The van der Waals surface area contributed by atoms with Crippen LogP contribution in [0.5, 0.6) is 0 Å². The highest BCUT2D eigenvalue weighted by Crippen LogP contribution is 2.18. The van der Waals surface area contributed by atoms with Gasteiger partial charge in [0.1, 0.15) is 17.8 Å². The third kappa shape index (κ3) is 2.96. The zero-order valence-electron chi connectivity index (χ0n) is 11.9. The Hall–Kier alpha value is -2.18. The Morgan fingerprint density at radius 1 is 1.05 bits per heavy atom. The molecule has 0 N–H and O–H groups in total. The molecular weight excluding hydrogens is 270 g/mol. The van der Waals surface area contributed by atoms with Crippen molar-refractivity contribution in [2.24, 2.45) is 0 Å². The monoisotopic (exact) mass is 289 g/mol. The van der Waals surface area contributed by atoms with Crippen LogP contribution in [-0.2, 0) is 4.79 Å². The fraction of sp³-hybridized carbons (Fsp3) is 0.571. The van der Waals surface area contributed by atoms with Crippen molar-refractivity contribution in [3.63, 3.8) is 0 Å². The van der Waals surface area contributed by atoms with Gasteiger partial charge in [-0.1, -0.05) is 0 Å². The third-order valence-electron chi connectivity index (χ3n) is 4.05. The lowest BCUT2D eigenvalue weighted by Gasteiger charge is -2.32. The first-order valence-electron chi connectivity index (χ1n) is 7.33. The first kappa shape index (κ1) is 13.8. The first-order valence-corrected chi connectivity index (χ1v) is 7.33. The second kappa shape index (κ2) is 6.07. The summed E-state index contributed by atoms with van der Waals surface area (Å²) in [6, 6.07) is 1.78. The van der Waals surface area contributed by atoms with E-state index >= 15 is 0 Å². The molecule has 7 heteroatoms. The molecule has 1 aromatic rings. The number of anilines is 1. The topological polar surface area (TPSA) is 69.6 Å². The highest BCUT2D eigenvalue weighted by atomic mass is 16.2. The standard InChI is InChI=1S/C14H19N5O2/c20-11-17-5-7-19(8-6-17)14(21)12-9-13(16-10-15-12)18-3-1-2-4-18/h9-11H,1-8H2. The number of carbonyl (C=O) groups excluding carboxylic acids is 2. The Bertz CT molecular complexity index is 522. The largest absolute Gasteiger partial charge is 0.357 e. The van der Waals surface area contributed by atoms with Crippen LogP contribution in [0.1, 0.15) is 23.3 Å². The number of piperazine rings is 1. The van der Waals surface area contributed by atoms with Crippen LogP contribution in [0.15, 0.2) is 12.4 Å². The Morgan fingerprint density at radius 3 is 2.43 bits per heavy atom. The van der Waals surface area contributed by atoms with Gasteiger partial charge in [-0.15, -0.1) is 0 Å². The zero-order valence-corrected chi connectivity index (χ0v) is 11.9. The van der Waals surface area contributed by atoms with E-state index < -0.39 is 0 Å². The molecule has 2 aliphatic rings. The normalized spacial score (nSPS) is 19.0. The van der Waals surface area contributed by atoms with Crippen LogP contribution < -0.4 is 4.90 Å². The summed E-state index contributed by atoms with van der Waals surface area (Å²) in [6.07, 6.45) is 4.63. The van der Waals surface area contributed by atoms with Crippen molar-refractivity contribution in [3.05, 3.63) is 18.1 Å². The number of hydrogen-bond donors (Lipinski definition) is 0. The number of amides is 2. The predicted molar refractivity (Wildman–Crippen MR) is 77.0 cm³/mol. The van der Waals surface area contributed by atoms with Gasteiger partial charge >= 0.3 is 0 Å². The smallest absolute Gasteiger partial charge is 0.272 e. The van der Waals surface area contributed by atoms with Gasteiger partial charge in [0.15, 0.2) is 0 Å². The van der Waals surface area contributed by atoms with E-state index in [0.29, 0.717) is 31.9 Å². The van der Waals surface area contributed by atoms with E-state index in [-0.39, 0.29) is 5.91 Å². The van der Waals surface area contributed by atoms with Crippen molar-refractivity contribution < 1.29 is 9.59 Å². The molecule has 0 unspecified atom stereocenters. The van der Waals surface area contributed by atoms with Crippen LogP contribution in [0.3, 0.4) is 0 Å². The van der Waals surface area contributed by atoms with Crippen molar-refractivity contribution in [2.75, 3.05) is 44.2 Å². The van der Waals surface area contributed by atoms with Crippen molar-refractivity contribution in [1.82, 2.24) is 19.8 Å². The van der Waals surface area contributed by atoms with E-state index in [0.717, 1.165) is 25.3 Å². The van der Waals surface area contributed by atoms with Crippen molar-refractivity contribution in [2.45, 2.75) is 12.8 Å². The van der Waals surface area contributed by atoms with Gasteiger partial charge in [0.2, 0.25) is 6.41 Å². The Balaban J connectivity index is 1.69. The summed E-state index contributed by atoms with van der Waals surface area (Å²) in [5, 5.41) is 0. The molecule has 0 aromatic carbocycles. The van der Waals surface area contributed by atoms with Crippen LogP contribution in [0.2, 0.25) is 0 Å². The number of nitrogens with zero attached hydrogens (tertiary/aromatic N) is 5. The molecule has 7 nitrogen and oxygen atoms in total. The molecule has 0 spiro atoms. The Labute approximate surface area is 123 Å². The SMILES string of the molecule is O=CN1CCN(C(=O)c2cc(N3CCCC3)ncn2)CC1. The van der Waals surface area contributed by atoms with Gasteiger partial charge < -0.3 is 14.7 Å². The molecule has 0 aliphatic carbocycles. The molecule has 0 atom stereocenters. The van der Waals surface area contributed by atoms with E-state index in [1.54, 1.807) is 15.9 Å². The van der Waals surface area contributed by atoms with E-state index in [9.17, 15) is 9.59 Å². The quantitative estimate of drug-likeness (QED) is 0.732. The maximum absolute atomic E-state index is 12.5. The number of aromatic nitrogens is 2. The fourth-order valence-electron chi connectivity index (χ4n) is 2.78. The van der Waals surface area contributed by atoms with E-state index in [1.807, 2.05) is 0 Å². The Morgan fingerprint density at radius 2 is 1.76 bits per heavy atom. The van der Waals surface area contributed by atoms with Crippen LogP contribution in [0.25, 0.3) is 0 Å². The van der Waals surface area contributed by atoms with Gasteiger partial charge in [0.05, 0.1) is 0 Å². The molecule has 2 fully saturated rings. The molecule has 0 bridgehead atoms. The summed E-state index contributed by atoms with van der Waals surface area (Å²) < 4.78 is 0. The molecule has 3 heterocycles. The van der Waals surface area contributed by atoms with Gasteiger partial charge in [-0.25, -0.2) is 9.97 Å². The molecule has 0 radical (unpaired) electrons. The van der Waals surface area contributed by atoms with Crippen LogP contribution in [0, 0.1) is 0 Å². The minimum atomic E-state index is -0.0802. The average Bonchev–Trinajstić information content (AvgIpc) is 3.09. The maximum Gasteiger partial charge on any atom is 0.272 e. The van der Waals surface area contributed by atoms with Crippen LogP contribution in [0.4, 0.5) is 5.82 Å². The van der Waals surface area contributed by atoms with Crippen molar-refractivity contribution >= 4 is 18.1 Å². The Kier molecular flexibility index (Phi) is 3.98. The average molecular weight is 289 g/mol. The second-order valence-corrected chi connectivity index (χ2v) is 5.39. The number of rotatable bonds is 3. The first-order chi connectivity index (χ1) is 10.3. The van der Waals surface area contributed by atoms with E-state index in [2.05, 4.69) is 14.9 Å². The van der Waals surface area contributed by atoms with Gasteiger partial charge in [-0.05, 0) is 12.8 Å². The second-order valence-electron chi connectivity index (χ2n) is 5.39. The molecule has 21 heavy (non-hydrogen) atoms. The lowest BCUT2D eigenvalue weighted by molar-refractivity contribution is -0.119. The maximum atomic E-state index is 12.5. The molecule has 2 amide bonds. The van der Waals surface area contributed by atoms with Gasteiger partial charge in [0.25, 0.3) is 5.91 Å². The lowest BCUT2D eigenvalue weighted by Crippen LogP contribution is -2.48. The lowest BCUT2D eigenvalue weighted by atomic mass is 10.2.